The van der Waals surface area contributed by atoms with Crippen molar-refractivity contribution in [2.75, 3.05) is 9.80 Å². The van der Waals surface area contributed by atoms with Crippen molar-refractivity contribution in [3.8, 4) is 0 Å². The average molecular weight is 817 g/mol. The molecular formula is C60H68N2. The Morgan fingerprint density at radius 3 is 0.710 bits per heavy atom. The van der Waals surface area contributed by atoms with Gasteiger partial charge in [-0.05, 0) is 90.4 Å². The number of rotatable bonds is 2. The molecule has 7 aromatic carbocycles. The Balaban J connectivity index is 1.41. The highest BCUT2D eigenvalue weighted by Crippen LogP contribution is 2.60. The van der Waals surface area contributed by atoms with E-state index in [9.17, 15) is 0 Å². The van der Waals surface area contributed by atoms with Crippen LogP contribution in [0.2, 0.25) is 0 Å². The Morgan fingerprint density at radius 1 is 0.306 bits per heavy atom. The first kappa shape index (κ1) is 42.0. The van der Waals surface area contributed by atoms with Gasteiger partial charge in [0.15, 0.2) is 0 Å². The molecule has 0 aromatic heterocycles. The van der Waals surface area contributed by atoms with Crippen LogP contribution in [0.15, 0.2) is 121 Å². The monoisotopic (exact) mass is 817 g/mol. The van der Waals surface area contributed by atoms with Gasteiger partial charge in [-0.3, -0.25) is 0 Å². The normalized spacial score (nSPS) is 15.9. The molecule has 0 bridgehead atoms. The van der Waals surface area contributed by atoms with E-state index in [1.54, 1.807) is 0 Å². The third-order valence-corrected chi connectivity index (χ3v) is 14.4. The van der Waals surface area contributed by atoms with Gasteiger partial charge in [-0.1, -0.05) is 208 Å². The smallest absolute Gasteiger partial charge is 0.0620 e. The quantitative estimate of drug-likeness (QED) is 0.160. The summed E-state index contributed by atoms with van der Waals surface area (Å²) in [5.41, 5.74) is 18.0. The van der Waals surface area contributed by atoms with Crippen molar-refractivity contribution in [1.29, 1.82) is 0 Å². The molecule has 2 heterocycles. The zero-order chi connectivity index (χ0) is 44.7. The Bertz CT molecular complexity index is 2550. The summed E-state index contributed by atoms with van der Waals surface area (Å²) < 4.78 is 0. The molecule has 0 radical (unpaired) electrons. The van der Waals surface area contributed by atoms with E-state index in [1.807, 2.05) is 0 Å². The van der Waals surface area contributed by atoms with Crippen molar-refractivity contribution in [2.24, 2.45) is 0 Å². The van der Waals surface area contributed by atoms with Gasteiger partial charge in [0.05, 0.1) is 34.1 Å². The van der Waals surface area contributed by atoms with Crippen LogP contribution >= 0.6 is 0 Å². The van der Waals surface area contributed by atoms with Crippen LogP contribution in [0.5, 0.6) is 0 Å². The zero-order valence-electron chi connectivity index (χ0n) is 40.4. The zero-order valence-corrected chi connectivity index (χ0v) is 40.4. The fourth-order valence-electron chi connectivity index (χ4n) is 10.4. The van der Waals surface area contributed by atoms with Crippen LogP contribution in [0.25, 0.3) is 21.5 Å². The molecule has 318 valence electrons. The van der Waals surface area contributed by atoms with Gasteiger partial charge >= 0.3 is 0 Å². The van der Waals surface area contributed by atoms with Crippen LogP contribution in [-0.2, 0) is 32.5 Å². The van der Waals surface area contributed by atoms with Gasteiger partial charge < -0.3 is 9.80 Å². The van der Waals surface area contributed by atoms with Gasteiger partial charge in [0.25, 0.3) is 0 Å². The molecule has 0 aliphatic carbocycles. The average Bonchev–Trinajstić information content (AvgIpc) is 3.19. The molecule has 7 aromatic rings. The Morgan fingerprint density at radius 2 is 0.516 bits per heavy atom. The summed E-state index contributed by atoms with van der Waals surface area (Å²) in [7, 11) is 0. The highest BCUT2D eigenvalue weighted by Gasteiger charge is 2.42. The minimum atomic E-state index is -0.221. The summed E-state index contributed by atoms with van der Waals surface area (Å²) in [6, 6.07) is 47.6. The topological polar surface area (TPSA) is 6.48 Å². The van der Waals surface area contributed by atoms with Crippen molar-refractivity contribution in [3.05, 3.63) is 166 Å². The SMILES string of the molecule is CC(C)(C)c1ccc2c(c1)C(C)(C)c1cc(C(C)(C)C)ccc1N2c1c2ccccc2c(N2c3ccc(C(C)(C)C)cc3C(C)(C)c3cc(C(C)(C)C)ccc32)c2ccccc12. The van der Waals surface area contributed by atoms with Crippen LogP contribution in [0.1, 0.15) is 155 Å². The maximum Gasteiger partial charge on any atom is 0.0620 e. The number of benzene rings is 7. The van der Waals surface area contributed by atoms with Crippen LogP contribution in [0, 0.1) is 0 Å². The Labute approximate surface area is 373 Å². The van der Waals surface area contributed by atoms with E-state index in [1.165, 1.54) is 100 Å². The van der Waals surface area contributed by atoms with E-state index in [0.717, 1.165) is 0 Å². The predicted molar refractivity (Wildman–Crippen MR) is 270 cm³/mol. The van der Waals surface area contributed by atoms with E-state index in [4.69, 9.17) is 0 Å². The van der Waals surface area contributed by atoms with E-state index >= 15 is 0 Å². The fraction of sp³-hybridized carbons (Fsp3) is 0.367. The first-order chi connectivity index (χ1) is 28.8. The van der Waals surface area contributed by atoms with Gasteiger partial charge in [0.1, 0.15) is 0 Å². The summed E-state index contributed by atoms with van der Waals surface area (Å²) >= 11 is 0. The van der Waals surface area contributed by atoms with Gasteiger partial charge in [-0.25, -0.2) is 0 Å². The lowest BCUT2D eigenvalue weighted by Crippen LogP contribution is -2.33. The first-order valence-corrected chi connectivity index (χ1v) is 22.9. The number of nitrogens with zero attached hydrogens (tertiary/aromatic N) is 2. The standard InChI is InChI=1S/C60H68N2/c1-55(2,3)37-25-29-49-45(33-37)59(13,14)46-34-38(56(4,5)6)26-30-50(46)61(49)53-41-21-17-19-23-43(41)54(44-24-20-18-22-42(44)53)62-51-31-27-39(57(7,8)9)35-47(51)60(15,16)48-36-40(58(10,11)12)28-32-52(48)62/h17-36H,1-16H3. The van der Waals surface area contributed by atoms with Crippen molar-refractivity contribution in [1.82, 2.24) is 0 Å². The molecule has 0 N–H and O–H groups in total. The molecular weight excluding hydrogens is 749 g/mol. The van der Waals surface area contributed by atoms with E-state index in [2.05, 4.69) is 242 Å². The molecule has 0 saturated heterocycles. The summed E-state index contributed by atoms with van der Waals surface area (Å²) in [4.78, 5) is 5.24. The van der Waals surface area contributed by atoms with Crippen LogP contribution in [0.3, 0.4) is 0 Å². The lowest BCUT2D eigenvalue weighted by Gasteiger charge is -2.45. The van der Waals surface area contributed by atoms with Crippen molar-refractivity contribution < 1.29 is 0 Å². The molecule has 2 nitrogen and oxygen atoms in total. The second-order valence-corrected chi connectivity index (χ2v) is 23.6. The molecule has 0 saturated carbocycles. The second-order valence-electron chi connectivity index (χ2n) is 23.6. The van der Waals surface area contributed by atoms with Gasteiger partial charge in [0, 0.05) is 32.4 Å². The second kappa shape index (κ2) is 13.6. The summed E-state index contributed by atoms with van der Waals surface area (Å²) in [6.45, 7) is 37.7. The van der Waals surface area contributed by atoms with Gasteiger partial charge in [-0.2, -0.15) is 0 Å². The predicted octanol–water partition coefficient (Wildman–Crippen LogP) is 17.4. The molecule has 9 rings (SSSR count). The molecule has 0 spiro atoms. The van der Waals surface area contributed by atoms with Crippen molar-refractivity contribution in [2.45, 2.75) is 143 Å². The number of hydrogen-bond acceptors (Lipinski definition) is 2. The molecule has 0 unspecified atom stereocenters. The number of hydrogen-bond donors (Lipinski definition) is 0. The molecule has 62 heavy (non-hydrogen) atoms. The van der Waals surface area contributed by atoms with Crippen LogP contribution in [-0.4, -0.2) is 0 Å². The van der Waals surface area contributed by atoms with Crippen LogP contribution in [0.4, 0.5) is 34.1 Å². The van der Waals surface area contributed by atoms with Crippen molar-refractivity contribution >= 4 is 55.7 Å². The summed E-state index contributed by atoms with van der Waals surface area (Å²) in [5, 5.41) is 4.96. The van der Waals surface area contributed by atoms with Crippen LogP contribution < -0.4 is 9.80 Å². The lowest BCUT2D eigenvalue weighted by atomic mass is 9.70. The number of anilines is 6. The molecule has 2 aliphatic heterocycles. The first-order valence-electron chi connectivity index (χ1n) is 22.9. The Kier molecular flexibility index (Phi) is 9.20. The highest BCUT2D eigenvalue weighted by molar-refractivity contribution is 6.24. The molecule has 0 fully saturated rings. The third kappa shape index (κ3) is 6.41. The van der Waals surface area contributed by atoms with E-state index in [-0.39, 0.29) is 32.5 Å². The minimum absolute atomic E-state index is 0.0153. The molecule has 2 heteroatoms. The Hall–Kier alpha value is -5.34. The maximum atomic E-state index is 2.62. The molecule has 0 amide bonds. The van der Waals surface area contributed by atoms with E-state index < -0.39 is 0 Å². The fourth-order valence-corrected chi connectivity index (χ4v) is 10.4. The van der Waals surface area contributed by atoms with Crippen molar-refractivity contribution in [3.63, 3.8) is 0 Å². The third-order valence-electron chi connectivity index (χ3n) is 14.4. The maximum absolute atomic E-state index is 2.62. The number of fused-ring (bicyclic) bond motifs is 6. The summed E-state index contributed by atoms with van der Waals surface area (Å²) in [6.07, 6.45) is 0. The van der Waals surface area contributed by atoms with Gasteiger partial charge in [0.2, 0.25) is 0 Å². The molecule has 0 atom stereocenters. The molecule has 2 aliphatic rings. The lowest BCUT2D eigenvalue weighted by molar-refractivity contribution is 0.572. The summed E-state index contributed by atoms with van der Waals surface area (Å²) in [5.74, 6) is 0. The highest BCUT2D eigenvalue weighted by atomic mass is 15.2. The largest absolute Gasteiger partial charge is 0.309 e. The van der Waals surface area contributed by atoms with E-state index in [0.29, 0.717) is 0 Å². The minimum Gasteiger partial charge on any atom is -0.309 e. The van der Waals surface area contributed by atoms with Gasteiger partial charge in [-0.15, -0.1) is 0 Å².